The first-order valence-electron chi connectivity index (χ1n) is 3.63. The van der Waals surface area contributed by atoms with Crippen LogP contribution < -0.4 is 0 Å². The van der Waals surface area contributed by atoms with Crippen LogP contribution in [-0.2, 0) is 9.53 Å². The molecular formula is C6H10N2O4. The highest BCUT2D eigenvalue weighted by molar-refractivity contribution is 5.73. The number of ether oxygens (including phenoxy) is 1. The first-order valence-corrected chi connectivity index (χ1v) is 3.63. The van der Waals surface area contributed by atoms with Crippen LogP contribution in [0.5, 0.6) is 0 Å². The lowest BCUT2D eigenvalue weighted by Gasteiger charge is -2.27. The van der Waals surface area contributed by atoms with Gasteiger partial charge in [0.1, 0.15) is 0 Å². The topological polar surface area (TPSA) is 79.2 Å². The van der Waals surface area contributed by atoms with Gasteiger partial charge in [0.2, 0.25) is 6.17 Å². The third-order valence-electron chi connectivity index (χ3n) is 1.71. The van der Waals surface area contributed by atoms with Crippen molar-refractivity contribution in [3.05, 3.63) is 4.91 Å². The van der Waals surface area contributed by atoms with E-state index in [0.717, 1.165) is 0 Å². The average molecular weight is 174 g/mol. The van der Waals surface area contributed by atoms with Gasteiger partial charge in [-0.3, -0.25) is 4.90 Å². The average Bonchev–Trinajstić information content (AvgIpc) is 2.07. The molecule has 0 radical (unpaired) electrons. The Labute approximate surface area is 69.1 Å². The van der Waals surface area contributed by atoms with Gasteiger partial charge in [-0.15, -0.1) is 4.91 Å². The minimum Gasteiger partial charge on any atom is -0.479 e. The van der Waals surface area contributed by atoms with Gasteiger partial charge in [0.25, 0.3) is 0 Å². The zero-order chi connectivity index (χ0) is 8.97. The second-order valence-corrected chi connectivity index (χ2v) is 2.47. The quantitative estimate of drug-likeness (QED) is 0.583. The molecule has 1 saturated heterocycles. The van der Waals surface area contributed by atoms with Crippen molar-refractivity contribution in [2.45, 2.75) is 6.17 Å². The molecule has 6 heteroatoms. The summed E-state index contributed by atoms with van der Waals surface area (Å²) in [6, 6.07) is 0. The van der Waals surface area contributed by atoms with Gasteiger partial charge in [-0.1, -0.05) is 0 Å². The van der Waals surface area contributed by atoms with E-state index < -0.39 is 12.1 Å². The van der Waals surface area contributed by atoms with Crippen molar-refractivity contribution in [3.8, 4) is 0 Å². The number of aliphatic carboxylic acids is 1. The van der Waals surface area contributed by atoms with Crippen LogP contribution in [0.4, 0.5) is 0 Å². The second kappa shape index (κ2) is 4.13. The van der Waals surface area contributed by atoms with Crippen LogP contribution in [0.2, 0.25) is 0 Å². The summed E-state index contributed by atoms with van der Waals surface area (Å²) in [6.07, 6.45) is -1.26. The minimum absolute atomic E-state index is 0.447. The Morgan fingerprint density at radius 3 is 2.50 bits per heavy atom. The molecule has 1 aliphatic heterocycles. The number of nitroso groups, excluding NO2 is 1. The van der Waals surface area contributed by atoms with Crippen LogP contribution in [0.15, 0.2) is 5.18 Å². The van der Waals surface area contributed by atoms with E-state index >= 15 is 0 Å². The number of hydrogen-bond acceptors (Lipinski definition) is 5. The number of rotatable bonds is 3. The normalized spacial score (nSPS) is 21.7. The lowest BCUT2D eigenvalue weighted by atomic mass is 10.3. The third-order valence-corrected chi connectivity index (χ3v) is 1.71. The summed E-state index contributed by atoms with van der Waals surface area (Å²) in [7, 11) is 0. The molecule has 0 aromatic carbocycles. The molecule has 68 valence electrons. The zero-order valence-electron chi connectivity index (χ0n) is 6.47. The molecule has 1 heterocycles. The van der Waals surface area contributed by atoms with E-state index in [1.807, 2.05) is 0 Å². The van der Waals surface area contributed by atoms with Gasteiger partial charge >= 0.3 is 5.97 Å². The predicted octanol–water partition coefficient (Wildman–Crippen LogP) is -0.504. The Hall–Kier alpha value is -1.01. The molecule has 1 rings (SSSR count). The fourth-order valence-electron chi connectivity index (χ4n) is 1.09. The van der Waals surface area contributed by atoms with Crippen LogP contribution >= 0.6 is 0 Å². The van der Waals surface area contributed by atoms with Crippen molar-refractivity contribution in [2.75, 3.05) is 26.3 Å². The fraction of sp³-hybridized carbons (Fsp3) is 0.833. The smallest absolute Gasteiger partial charge is 0.347 e. The molecule has 0 aromatic rings. The molecule has 1 unspecified atom stereocenters. The number of morpholine rings is 1. The summed E-state index contributed by atoms with van der Waals surface area (Å²) in [6.45, 7) is 1.81. The standard InChI is InChI=1S/C6H10N2O4/c9-6(10)5(7-11)8-1-3-12-4-2-8/h5H,1-4H2,(H,9,10). The number of hydrogen-bond donors (Lipinski definition) is 1. The summed E-state index contributed by atoms with van der Waals surface area (Å²) < 4.78 is 5.00. The highest BCUT2D eigenvalue weighted by Crippen LogP contribution is 2.04. The van der Waals surface area contributed by atoms with Crippen LogP contribution in [-0.4, -0.2) is 48.4 Å². The van der Waals surface area contributed by atoms with Crippen molar-refractivity contribution >= 4 is 5.97 Å². The highest BCUT2D eigenvalue weighted by atomic mass is 16.5. The minimum atomic E-state index is -1.26. The van der Waals surface area contributed by atoms with E-state index in [2.05, 4.69) is 5.18 Å². The fourth-order valence-corrected chi connectivity index (χ4v) is 1.09. The predicted molar refractivity (Wildman–Crippen MR) is 39.6 cm³/mol. The number of nitrogens with zero attached hydrogens (tertiary/aromatic N) is 2. The number of carbonyl (C=O) groups is 1. The summed E-state index contributed by atoms with van der Waals surface area (Å²) in [4.78, 5) is 22.1. The van der Waals surface area contributed by atoms with Crippen molar-refractivity contribution in [3.63, 3.8) is 0 Å². The van der Waals surface area contributed by atoms with Crippen LogP contribution in [0.3, 0.4) is 0 Å². The van der Waals surface area contributed by atoms with E-state index in [4.69, 9.17) is 9.84 Å². The van der Waals surface area contributed by atoms with Gasteiger partial charge in [-0.05, 0) is 5.18 Å². The molecule has 6 nitrogen and oxygen atoms in total. The maximum absolute atomic E-state index is 10.5. The van der Waals surface area contributed by atoms with E-state index in [9.17, 15) is 9.70 Å². The Morgan fingerprint density at radius 1 is 1.50 bits per heavy atom. The third kappa shape index (κ3) is 1.99. The Kier molecular flexibility index (Phi) is 3.12. The van der Waals surface area contributed by atoms with Crippen molar-refractivity contribution in [1.82, 2.24) is 4.90 Å². The summed E-state index contributed by atoms with van der Waals surface area (Å²) >= 11 is 0. The van der Waals surface area contributed by atoms with Crippen molar-refractivity contribution < 1.29 is 14.6 Å². The lowest BCUT2D eigenvalue weighted by molar-refractivity contribution is -0.144. The van der Waals surface area contributed by atoms with Crippen LogP contribution in [0.25, 0.3) is 0 Å². The number of carboxylic acid groups (broad SMARTS) is 1. The summed E-state index contributed by atoms with van der Waals surface area (Å²) in [5, 5.41) is 11.1. The zero-order valence-corrected chi connectivity index (χ0v) is 6.47. The molecule has 0 bridgehead atoms. The summed E-state index contributed by atoms with van der Waals surface area (Å²) in [5.41, 5.74) is 0. The van der Waals surface area contributed by atoms with E-state index in [0.29, 0.717) is 26.3 Å². The Balaban J connectivity index is 2.51. The lowest BCUT2D eigenvalue weighted by Crippen LogP contribution is -2.46. The van der Waals surface area contributed by atoms with Crippen molar-refractivity contribution in [2.24, 2.45) is 5.18 Å². The largest absolute Gasteiger partial charge is 0.479 e. The number of carboxylic acids is 1. The molecular weight excluding hydrogens is 164 g/mol. The molecule has 1 fully saturated rings. The first kappa shape index (κ1) is 9.08. The highest BCUT2D eigenvalue weighted by Gasteiger charge is 2.27. The van der Waals surface area contributed by atoms with Gasteiger partial charge in [0.05, 0.1) is 13.2 Å². The summed E-state index contributed by atoms with van der Waals surface area (Å²) in [5.74, 6) is -1.20. The molecule has 0 aromatic heterocycles. The van der Waals surface area contributed by atoms with Gasteiger partial charge in [-0.2, -0.15) is 0 Å². The van der Waals surface area contributed by atoms with E-state index in [-0.39, 0.29) is 0 Å². The molecule has 1 atom stereocenters. The van der Waals surface area contributed by atoms with Gasteiger partial charge in [0.15, 0.2) is 0 Å². The maximum atomic E-state index is 10.5. The molecule has 12 heavy (non-hydrogen) atoms. The molecule has 0 saturated carbocycles. The van der Waals surface area contributed by atoms with Gasteiger partial charge in [0, 0.05) is 13.1 Å². The first-order chi connectivity index (χ1) is 5.75. The Bertz CT molecular complexity index is 178. The van der Waals surface area contributed by atoms with E-state index in [1.165, 1.54) is 4.90 Å². The molecule has 1 N–H and O–H groups in total. The van der Waals surface area contributed by atoms with E-state index in [1.54, 1.807) is 0 Å². The molecule has 0 amide bonds. The molecule has 0 aliphatic carbocycles. The van der Waals surface area contributed by atoms with Gasteiger partial charge < -0.3 is 9.84 Å². The maximum Gasteiger partial charge on any atom is 0.347 e. The van der Waals surface area contributed by atoms with Crippen LogP contribution in [0, 0.1) is 4.91 Å². The SMILES string of the molecule is O=NC(C(=O)O)N1CCOCC1. The van der Waals surface area contributed by atoms with Crippen LogP contribution in [0.1, 0.15) is 0 Å². The monoisotopic (exact) mass is 174 g/mol. The van der Waals surface area contributed by atoms with Gasteiger partial charge in [-0.25, -0.2) is 4.79 Å². The second-order valence-electron chi connectivity index (χ2n) is 2.47. The van der Waals surface area contributed by atoms with Crippen molar-refractivity contribution in [1.29, 1.82) is 0 Å². The Morgan fingerprint density at radius 2 is 2.08 bits per heavy atom. The molecule has 1 aliphatic rings. The molecule has 0 spiro atoms.